The maximum absolute atomic E-state index is 13.1. The highest BCUT2D eigenvalue weighted by molar-refractivity contribution is 5.94. The number of aliphatic carboxylic acids is 1. The summed E-state index contributed by atoms with van der Waals surface area (Å²) in [6.07, 6.45) is 0.508. The minimum Gasteiger partial charge on any atom is -0.489 e. The molecule has 3 rings (SSSR count). The smallest absolute Gasteiger partial charge is 0.305 e. The Bertz CT molecular complexity index is 1010. The molecular weight excluding hydrogens is 397 g/mol. The zero-order valence-electron chi connectivity index (χ0n) is 17.0. The van der Waals surface area contributed by atoms with Crippen LogP contribution < -0.4 is 4.74 Å². The third-order valence-electron chi connectivity index (χ3n) is 4.80. The van der Waals surface area contributed by atoms with Gasteiger partial charge in [-0.1, -0.05) is 48.5 Å². The summed E-state index contributed by atoms with van der Waals surface area (Å²) in [6, 6.07) is 22.5. The molecule has 0 atom stereocenters. The molecule has 0 fully saturated rings. The van der Waals surface area contributed by atoms with Gasteiger partial charge in [-0.15, -0.1) is 0 Å². The molecule has 5 nitrogen and oxygen atoms in total. The third kappa shape index (κ3) is 6.96. The van der Waals surface area contributed by atoms with Crippen LogP contribution in [0.4, 0.5) is 4.39 Å². The molecule has 0 saturated heterocycles. The number of halogens is 1. The number of hydrogen-bond acceptors (Lipinski definition) is 3. The Balaban J connectivity index is 1.67. The monoisotopic (exact) mass is 421 g/mol. The van der Waals surface area contributed by atoms with Crippen molar-refractivity contribution >= 4 is 11.9 Å². The molecule has 0 aliphatic rings. The van der Waals surface area contributed by atoms with Gasteiger partial charge in [0.1, 0.15) is 18.2 Å². The van der Waals surface area contributed by atoms with Crippen LogP contribution in [0.25, 0.3) is 0 Å². The maximum Gasteiger partial charge on any atom is 0.305 e. The van der Waals surface area contributed by atoms with Crippen LogP contribution in [0.5, 0.6) is 5.75 Å². The molecule has 0 unspecified atom stereocenters. The largest absolute Gasteiger partial charge is 0.489 e. The van der Waals surface area contributed by atoms with Crippen LogP contribution in [0, 0.1) is 5.82 Å². The molecule has 31 heavy (non-hydrogen) atoms. The molecule has 160 valence electrons. The number of carboxylic acid groups (broad SMARTS) is 1. The fourth-order valence-corrected chi connectivity index (χ4v) is 3.10. The lowest BCUT2D eigenvalue weighted by Gasteiger charge is -2.22. The molecule has 0 aliphatic heterocycles. The van der Waals surface area contributed by atoms with Gasteiger partial charge < -0.3 is 14.7 Å². The van der Waals surface area contributed by atoms with Gasteiger partial charge in [0, 0.05) is 18.7 Å². The summed E-state index contributed by atoms with van der Waals surface area (Å²) in [4.78, 5) is 25.7. The lowest BCUT2D eigenvalue weighted by molar-refractivity contribution is -0.137. The molecule has 0 spiro atoms. The fourth-order valence-electron chi connectivity index (χ4n) is 3.10. The predicted molar refractivity (Wildman–Crippen MR) is 115 cm³/mol. The Morgan fingerprint density at radius 3 is 2.32 bits per heavy atom. The molecular formula is C25H24FNO4. The topological polar surface area (TPSA) is 66.8 Å². The van der Waals surface area contributed by atoms with E-state index in [1.165, 1.54) is 12.1 Å². The van der Waals surface area contributed by atoms with Gasteiger partial charge in [-0.2, -0.15) is 0 Å². The van der Waals surface area contributed by atoms with E-state index in [1.54, 1.807) is 41.3 Å². The van der Waals surface area contributed by atoms with Crippen molar-refractivity contribution in [2.75, 3.05) is 13.1 Å². The SMILES string of the molecule is O=C(O)CCN(CCc1ccccc1)C(=O)c1cccc(OCc2ccc(F)cc2)c1. The lowest BCUT2D eigenvalue weighted by atomic mass is 10.1. The van der Waals surface area contributed by atoms with Gasteiger partial charge in [-0.25, -0.2) is 4.39 Å². The van der Waals surface area contributed by atoms with E-state index in [-0.39, 0.29) is 31.3 Å². The van der Waals surface area contributed by atoms with Gasteiger partial charge in [-0.3, -0.25) is 9.59 Å². The molecule has 0 heterocycles. The minimum absolute atomic E-state index is 0.124. The molecule has 3 aromatic rings. The second-order valence-corrected chi connectivity index (χ2v) is 7.11. The zero-order valence-corrected chi connectivity index (χ0v) is 17.0. The van der Waals surface area contributed by atoms with E-state index < -0.39 is 5.97 Å². The summed E-state index contributed by atoms with van der Waals surface area (Å²) in [5.74, 6) is -0.997. The number of carbonyl (C=O) groups excluding carboxylic acids is 1. The standard InChI is InChI=1S/C25H24FNO4/c26-22-11-9-20(10-12-22)18-31-23-8-4-7-21(17-23)25(30)27(16-14-24(28)29)15-13-19-5-2-1-3-6-19/h1-12,17H,13-16,18H2,(H,28,29). The summed E-state index contributed by atoms with van der Waals surface area (Å²) in [6.45, 7) is 0.785. The molecule has 1 N–H and O–H groups in total. The summed E-state index contributed by atoms with van der Waals surface area (Å²) in [5, 5.41) is 9.06. The van der Waals surface area contributed by atoms with Crippen LogP contribution in [-0.2, 0) is 17.8 Å². The Morgan fingerprint density at radius 1 is 0.871 bits per heavy atom. The van der Waals surface area contributed by atoms with Crippen LogP contribution in [0.15, 0.2) is 78.9 Å². The average molecular weight is 421 g/mol. The first-order valence-corrected chi connectivity index (χ1v) is 10.0. The number of amides is 1. The maximum atomic E-state index is 13.1. The van der Waals surface area contributed by atoms with Gasteiger partial charge in [-0.05, 0) is 47.9 Å². The van der Waals surface area contributed by atoms with Crippen molar-refractivity contribution in [1.29, 1.82) is 0 Å². The van der Waals surface area contributed by atoms with Crippen molar-refractivity contribution in [3.05, 3.63) is 101 Å². The van der Waals surface area contributed by atoms with Gasteiger partial charge >= 0.3 is 5.97 Å². The number of carboxylic acids is 1. The summed E-state index contributed by atoms with van der Waals surface area (Å²) >= 11 is 0. The predicted octanol–water partition coefficient (Wildman–Crippen LogP) is 4.56. The van der Waals surface area contributed by atoms with Crippen molar-refractivity contribution in [2.45, 2.75) is 19.4 Å². The van der Waals surface area contributed by atoms with Crippen LogP contribution in [0.1, 0.15) is 27.9 Å². The molecule has 6 heteroatoms. The number of benzene rings is 3. The van der Waals surface area contributed by atoms with E-state index in [4.69, 9.17) is 9.84 Å². The van der Waals surface area contributed by atoms with E-state index in [0.717, 1.165) is 11.1 Å². The molecule has 0 aliphatic carbocycles. The Kier molecular flexibility index (Phi) is 7.76. The first kappa shape index (κ1) is 22.0. The van der Waals surface area contributed by atoms with Crippen LogP contribution in [-0.4, -0.2) is 35.0 Å². The van der Waals surface area contributed by atoms with Crippen molar-refractivity contribution in [3.63, 3.8) is 0 Å². The lowest BCUT2D eigenvalue weighted by Crippen LogP contribution is -2.34. The molecule has 3 aromatic carbocycles. The fraction of sp³-hybridized carbons (Fsp3) is 0.200. The van der Waals surface area contributed by atoms with Crippen LogP contribution in [0.2, 0.25) is 0 Å². The highest BCUT2D eigenvalue weighted by Gasteiger charge is 2.17. The first-order valence-electron chi connectivity index (χ1n) is 10.0. The molecule has 0 bridgehead atoms. The first-order chi connectivity index (χ1) is 15.0. The molecule has 0 aromatic heterocycles. The van der Waals surface area contributed by atoms with E-state index >= 15 is 0 Å². The normalized spacial score (nSPS) is 10.5. The molecule has 1 amide bonds. The van der Waals surface area contributed by atoms with Crippen molar-refractivity contribution < 1.29 is 23.8 Å². The number of carbonyl (C=O) groups is 2. The number of rotatable bonds is 10. The molecule has 0 saturated carbocycles. The number of nitrogens with zero attached hydrogens (tertiary/aromatic N) is 1. The van der Waals surface area contributed by atoms with Gasteiger partial charge in [0.2, 0.25) is 0 Å². The quantitative estimate of drug-likeness (QED) is 0.521. The van der Waals surface area contributed by atoms with E-state index in [2.05, 4.69) is 0 Å². The van der Waals surface area contributed by atoms with E-state index in [9.17, 15) is 14.0 Å². The highest BCUT2D eigenvalue weighted by Crippen LogP contribution is 2.17. The zero-order chi connectivity index (χ0) is 22.1. The van der Waals surface area contributed by atoms with Gasteiger partial charge in [0.15, 0.2) is 0 Å². The summed E-state index contributed by atoms with van der Waals surface area (Å²) < 4.78 is 18.8. The number of ether oxygens (including phenoxy) is 1. The second-order valence-electron chi connectivity index (χ2n) is 7.11. The average Bonchev–Trinajstić information content (AvgIpc) is 2.79. The third-order valence-corrected chi connectivity index (χ3v) is 4.80. The van der Waals surface area contributed by atoms with Crippen molar-refractivity contribution in [1.82, 2.24) is 4.90 Å². The molecule has 0 radical (unpaired) electrons. The Labute approximate surface area is 180 Å². The van der Waals surface area contributed by atoms with Crippen molar-refractivity contribution in [3.8, 4) is 5.75 Å². The van der Waals surface area contributed by atoms with Crippen LogP contribution in [0.3, 0.4) is 0 Å². The Morgan fingerprint density at radius 2 is 1.61 bits per heavy atom. The highest BCUT2D eigenvalue weighted by atomic mass is 19.1. The summed E-state index contributed by atoms with van der Waals surface area (Å²) in [5.41, 5.74) is 2.31. The summed E-state index contributed by atoms with van der Waals surface area (Å²) in [7, 11) is 0. The Hall–Kier alpha value is -3.67. The van der Waals surface area contributed by atoms with E-state index in [0.29, 0.717) is 24.3 Å². The van der Waals surface area contributed by atoms with Gasteiger partial charge in [0.25, 0.3) is 5.91 Å². The minimum atomic E-state index is -0.950. The van der Waals surface area contributed by atoms with Crippen molar-refractivity contribution in [2.24, 2.45) is 0 Å². The second kappa shape index (κ2) is 10.9. The van der Waals surface area contributed by atoms with E-state index in [1.807, 2.05) is 30.3 Å². The number of hydrogen-bond donors (Lipinski definition) is 1. The van der Waals surface area contributed by atoms with Crippen LogP contribution >= 0.6 is 0 Å². The van der Waals surface area contributed by atoms with Gasteiger partial charge in [0.05, 0.1) is 6.42 Å².